The molecule has 0 spiro atoms. The van der Waals surface area contributed by atoms with Crippen molar-refractivity contribution in [1.29, 1.82) is 0 Å². The number of nitrogens with one attached hydrogen (secondary N) is 2. The molecule has 0 radical (unpaired) electrons. The number of halogens is 3. The number of H-pyrrole nitrogens is 1. The number of ether oxygens (including phenoxy) is 2. The number of hydrogen-bond acceptors (Lipinski definition) is 9. The van der Waals surface area contributed by atoms with E-state index in [9.17, 15) is 18.0 Å². The predicted octanol–water partition coefficient (Wildman–Crippen LogP) is 3.48. The maximum atomic E-state index is 12.9. The summed E-state index contributed by atoms with van der Waals surface area (Å²) in [5.41, 5.74) is 0.478. The molecule has 0 unspecified atom stereocenters. The van der Waals surface area contributed by atoms with Gasteiger partial charge in [-0.2, -0.15) is 18.3 Å². The second kappa shape index (κ2) is 8.87. The molecule has 1 aliphatic rings. The van der Waals surface area contributed by atoms with Gasteiger partial charge in [-0.3, -0.25) is 5.10 Å². The van der Waals surface area contributed by atoms with Crippen LogP contribution in [0.3, 0.4) is 0 Å². The molecule has 0 bridgehead atoms. The lowest BCUT2D eigenvalue weighted by Crippen LogP contribution is -2.60. The molecule has 3 aromatic rings. The standard InChI is InChI=1S/C22H24F3N7O3/c1-20(2)6-14(7-21(3,4)32-20)34-19-27-11-15(30-31-19)17-16(35-18(33)22(23,24)25)5-12(8-26-17)13-9-28-29-10-13/h5,8-11,14,32H,6-7H2,1-4H3,(H,28,29). The monoisotopic (exact) mass is 491 g/mol. The van der Waals surface area contributed by atoms with Crippen LogP contribution in [-0.2, 0) is 4.79 Å². The van der Waals surface area contributed by atoms with E-state index in [0.717, 1.165) is 12.8 Å². The van der Waals surface area contributed by atoms with Crippen LogP contribution in [0.4, 0.5) is 13.2 Å². The minimum Gasteiger partial charge on any atom is -0.459 e. The van der Waals surface area contributed by atoms with Crippen molar-refractivity contribution in [2.24, 2.45) is 0 Å². The molecule has 0 amide bonds. The molecule has 1 aliphatic heterocycles. The quantitative estimate of drug-likeness (QED) is 0.516. The highest BCUT2D eigenvalue weighted by molar-refractivity contribution is 5.81. The SMILES string of the molecule is CC1(C)CC(Oc2ncc(-c3ncc(-c4cn[nH]c4)cc3OC(=O)C(F)(F)F)nn2)CC(C)(C)N1. The topological polar surface area (TPSA) is 128 Å². The van der Waals surface area contributed by atoms with Crippen molar-refractivity contribution >= 4 is 5.97 Å². The Balaban J connectivity index is 1.60. The van der Waals surface area contributed by atoms with Crippen molar-refractivity contribution < 1.29 is 27.4 Å². The average molecular weight is 491 g/mol. The van der Waals surface area contributed by atoms with Gasteiger partial charge in [-0.15, -0.1) is 5.10 Å². The molecule has 186 valence electrons. The van der Waals surface area contributed by atoms with E-state index < -0.39 is 17.9 Å². The number of carbonyl (C=O) groups excluding carboxylic acids is 1. The van der Waals surface area contributed by atoms with E-state index in [1.54, 1.807) is 0 Å². The normalized spacial score (nSPS) is 17.7. The van der Waals surface area contributed by atoms with Crippen LogP contribution in [0.15, 0.2) is 30.9 Å². The Kier molecular flexibility index (Phi) is 6.21. The van der Waals surface area contributed by atoms with Gasteiger partial charge >= 0.3 is 18.2 Å². The fraction of sp³-hybridized carbons (Fsp3) is 0.455. The van der Waals surface area contributed by atoms with Gasteiger partial charge in [0.05, 0.1) is 12.4 Å². The van der Waals surface area contributed by atoms with Gasteiger partial charge in [-0.1, -0.05) is 5.10 Å². The predicted molar refractivity (Wildman–Crippen MR) is 117 cm³/mol. The summed E-state index contributed by atoms with van der Waals surface area (Å²) in [6.07, 6.45) is 1.68. The number of esters is 1. The summed E-state index contributed by atoms with van der Waals surface area (Å²) in [5.74, 6) is -2.83. The lowest BCUT2D eigenvalue weighted by Gasteiger charge is -2.45. The van der Waals surface area contributed by atoms with E-state index >= 15 is 0 Å². The molecule has 4 rings (SSSR count). The summed E-state index contributed by atoms with van der Waals surface area (Å²) in [4.78, 5) is 19.8. The molecule has 0 saturated carbocycles. The van der Waals surface area contributed by atoms with E-state index in [1.807, 2.05) is 0 Å². The smallest absolute Gasteiger partial charge is 0.459 e. The molecule has 10 nitrogen and oxygen atoms in total. The van der Waals surface area contributed by atoms with Crippen LogP contribution >= 0.6 is 0 Å². The Bertz CT molecular complexity index is 1180. The third-order valence-electron chi connectivity index (χ3n) is 5.33. The molecular formula is C22H24F3N7O3. The van der Waals surface area contributed by atoms with Gasteiger partial charge in [-0.05, 0) is 33.8 Å². The lowest BCUT2D eigenvalue weighted by atomic mass is 9.81. The molecule has 1 fully saturated rings. The van der Waals surface area contributed by atoms with E-state index in [2.05, 4.69) is 68.1 Å². The summed E-state index contributed by atoms with van der Waals surface area (Å²) in [5, 5.41) is 17.9. The number of alkyl halides is 3. The Morgan fingerprint density at radius 2 is 1.74 bits per heavy atom. The summed E-state index contributed by atoms with van der Waals surface area (Å²) in [6, 6.07) is 1.26. The molecule has 4 heterocycles. The molecule has 2 N–H and O–H groups in total. The van der Waals surface area contributed by atoms with Gasteiger partial charge in [0, 0.05) is 47.4 Å². The molecule has 1 saturated heterocycles. The summed E-state index contributed by atoms with van der Waals surface area (Å²) < 4.78 is 49.1. The molecule has 13 heteroatoms. The van der Waals surface area contributed by atoms with E-state index in [-0.39, 0.29) is 34.6 Å². The number of carbonyl (C=O) groups is 1. The minimum atomic E-state index is -5.19. The van der Waals surface area contributed by atoms with Gasteiger partial charge in [0.15, 0.2) is 5.75 Å². The largest absolute Gasteiger partial charge is 0.491 e. The Morgan fingerprint density at radius 1 is 1.03 bits per heavy atom. The van der Waals surface area contributed by atoms with Crippen LogP contribution in [-0.4, -0.2) is 59.7 Å². The van der Waals surface area contributed by atoms with Gasteiger partial charge < -0.3 is 14.8 Å². The maximum absolute atomic E-state index is 12.9. The first-order valence-corrected chi connectivity index (χ1v) is 10.8. The number of rotatable bonds is 5. The van der Waals surface area contributed by atoms with E-state index in [1.165, 1.54) is 30.9 Å². The van der Waals surface area contributed by atoms with Crippen molar-refractivity contribution in [1.82, 2.24) is 35.7 Å². The highest BCUT2D eigenvalue weighted by atomic mass is 19.4. The van der Waals surface area contributed by atoms with Crippen LogP contribution in [0.2, 0.25) is 0 Å². The first-order chi connectivity index (χ1) is 16.3. The zero-order valence-electron chi connectivity index (χ0n) is 19.5. The number of aromatic nitrogens is 6. The number of nitrogens with zero attached hydrogens (tertiary/aromatic N) is 5. The van der Waals surface area contributed by atoms with Crippen LogP contribution < -0.4 is 14.8 Å². The molecule has 0 aromatic carbocycles. The zero-order valence-corrected chi connectivity index (χ0v) is 19.5. The van der Waals surface area contributed by atoms with Crippen molar-refractivity contribution in [3.8, 4) is 34.3 Å². The van der Waals surface area contributed by atoms with Crippen LogP contribution in [0.25, 0.3) is 22.5 Å². The Morgan fingerprint density at radius 3 is 2.31 bits per heavy atom. The molecular weight excluding hydrogens is 467 g/mol. The van der Waals surface area contributed by atoms with Crippen molar-refractivity contribution in [3.63, 3.8) is 0 Å². The number of aromatic amines is 1. The highest BCUT2D eigenvalue weighted by Gasteiger charge is 2.42. The van der Waals surface area contributed by atoms with E-state index in [4.69, 9.17) is 4.74 Å². The number of hydrogen-bond donors (Lipinski definition) is 2. The third kappa shape index (κ3) is 5.91. The summed E-state index contributed by atoms with van der Waals surface area (Å²) >= 11 is 0. The molecule has 0 atom stereocenters. The first kappa shape index (κ1) is 24.5. The molecule has 0 aliphatic carbocycles. The van der Waals surface area contributed by atoms with Gasteiger partial charge in [0.1, 0.15) is 17.5 Å². The highest BCUT2D eigenvalue weighted by Crippen LogP contribution is 2.33. The minimum absolute atomic E-state index is 0.00652. The van der Waals surface area contributed by atoms with Gasteiger partial charge in [0.25, 0.3) is 0 Å². The summed E-state index contributed by atoms with van der Waals surface area (Å²) in [6.45, 7) is 8.31. The number of pyridine rings is 1. The zero-order chi connectivity index (χ0) is 25.4. The van der Waals surface area contributed by atoms with Crippen LogP contribution in [0.1, 0.15) is 40.5 Å². The van der Waals surface area contributed by atoms with Gasteiger partial charge in [0.2, 0.25) is 0 Å². The van der Waals surface area contributed by atoms with E-state index in [0.29, 0.717) is 11.1 Å². The number of piperidine rings is 1. The van der Waals surface area contributed by atoms with Crippen LogP contribution in [0.5, 0.6) is 11.8 Å². The second-order valence-electron chi connectivity index (χ2n) is 9.61. The Hall–Kier alpha value is -3.61. The van der Waals surface area contributed by atoms with Gasteiger partial charge in [-0.25, -0.2) is 14.8 Å². The van der Waals surface area contributed by atoms with Crippen molar-refractivity contribution in [2.75, 3.05) is 0 Å². The fourth-order valence-electron chi connectivity index (χ4n) is 4.33. The van der Waals surface area contributed by atoms with Crippen molar-refractivity contribution in [3.05, 3.63) is 30.9 Å². The molecule has 35 heavy (non-hydrogen) atoms. The van der Waals surface area contributed by atoms with Crippen LogP contribution in [0, 0.1) is 0 Å². The lowest BCUT2D eigenvalue weighted by molar-refractivity contribution is -0.189. The average Bonchev–Trinajstić information content (AvgIpc) is 3.26. The molecule has 3 aromatic heterocycles. The fourth-order valence-corrected chi connectivity index (χ4v) is 4.33. The Labute approximate surface area is 198 Å². The second-order valence-corrected chi connectivity index (χ2v) is 9.61. The third-order valence-corrected chi connectivity index (χ3v) is 5.33. The first-order valence-electron chi connectivity index (χ1n) is 10.8. The maximum Gasteiger partial charge on any atom is 0.491 e. The van der Waals surface area contributed by atoms with Crippen molar-refractivity contribution in [2.45, 2.75) is 63.9 Å². The summed E-state index contributed by atoms with van der Waals surface area (Å²) in [7, 11) is 0.